The van der Waals surface area contributed by atoms with Gasteiger partial charge in [-0.15, -0.1) is 0 Å². The Morgan fingerprint density at radius 2 is 2.35 bits per heavy atom. The van der Waals surface area contributed by atoms with Crippen LogP contribution in [-0.4, -0.2) is 35.2 Å². The van der Waals surface area contributed by atoms with E-state index >= 15 is 0 Å². The molecule has 1 atom stereocenters. The Labute approximate surface area is 105 Å². The summed E-state index contributed by atoms with van der Waals surface area (Å²) in [5.74, 6) is 0. The molecule has 1 aliphatic rings. The van der Waals surface area contributed by atoms with E-state index in [1.165, 1.54) is 0 Å². The molecule has 92 valence electrons. The van der Waals surface area contributed by atoms with Gasteiger partial charge in [-0.2, -0.15) is 0 Å². The number of aliphatic hydroxyl groups excluding tert-OH is 1. The van der Waals surface area contributed by atoms with Crippen molar-refractivity contribution in [2.24, 2.45) is 0 Å². The van der Waals surface area contributed by atoms with Gasteiger partial charge in [0, 0.05) is 23.8 Å². The van der Waals surface area contributed by atoms with Crippen LogP contribution in [0.25, 0.3) is 0 Å². The molecule has 1 heterocycles. The molecule has 0 unspecified atom stereocenters. The summed E-state index contributed by atoms with van der Waals surface area (Å²) < 4.78 is 0. The van der Waals surface area contributed by atoms with Crippen LogP contribution in [0, 0.1) is 6.92 Å². The van der Waals surface area contributed by atoms with E-state index in [0.717, 1.165) is 5.56 Å². The predicted molar refractivity (Wildman–Crippen MR) is 67.4 cm³/mol. The molecular weight excluding hydrogens is 240 g/mol. The zero-order chi connectivity index (χ0) is 12.4. The Balaban J connectivity index is 2.00. The lowest BCUT2D eigenvalue weighted by atomic mass is 10.2. The van der Waals surface area contributed by atoms with Crippen LogP contribution in [0.1, 0.15) is 12.0 Å². The van der Waals surface area contributed by atoms with Gasteiger partial charge in [-0.3, -0.25) is 0 Å². The van der Waals surface area contributed by atoms with Gasteiger partial charge in [0.05, 0.1) is 6.10 Å². The van der Waals surface area contributed by atoms with E-state index in [1.54, 1.807) is 11.0 Å². The molecule has 2 rings (SSSR count). The standard InChI is InChI=1S/C12H15ClN2O2/c1-8-2-3-9(6-11(8)13)14-12(17)15-5-4-10(16)7-15/h2-3,6,10,16H,4-5,7H2,1H3,(H,14,17)/t10-/m0/s1. The summed E-state index contributed by atoms with van der Waals surface area (Å²) >= 11 is 5.98. The number of carbonyl (C=O) groups excluding carboxylic acids is 1. The second-order valence-corrected chi connectivity index (χ2v) is 4.69. The molecule has 17 heavy (non-hydrogen) atoms. The monoisotopic (exact) mass is 254 g/mol. The molecule has 4 nitrogen and oxygen atoms in total. The van der Waals surface area contributed by atoms with Crippen LogP contribution in [0.3, 0.4) is 0 Å². The van der Waals surface area contributed by atoms with Crippen molar-refractivity contribution in [3.63, 3.8) is 0 Å². The Bertz CT molecular complexity index is 437. The minimum absolute atomic E-state index is 0.193. The first-order chi connectivity index (χ1) is 8.06. The molecule has 1 aromatic rings. The second kappa shape index (κ2) is 4.94. The van der Waals surface area contributed by atoms with Gasteiger partial charge in [0.25, 0.3) is 0 Å². The average molecular weight is 255 g/mol. The maximum Gasteiger partial charge on any atom is 0.321 e. The topological polar surface area (TPSA) is 52.6 Å². The summed E-state index contributed by atoms with van der Waals surface area (Å²) in [6.07, 6.45) is 0.240. The fourth-order valence-electron chi connectivity index (χ4n) is 1.80. The van der Waals surface area contributed by atoms with E-state index in [9.17, 15) is 9.90 Å². The Kier molecular flexibility index (Phi) is 3.54. The number of rotatable bonds is 1. The summed E-state index contributed by atoms with van der Waals surface area (Å²) in [6, 6.07) is 5.20. The largest absolute Gasteiger partial charge is 0.391 e. The van der Waals surface area contributed by atoms with Gasteiger partial charge >= 0.3 is 6.03 Å². The zero-order valence-electron chi connectivity index (χ0n) is 9.61. The maximum absolute atomic E-state index is 11.8. The molecule has 0 aromatic heterocycles. The molecule has 2 amide bonds. The molecule has 0 bridgehead atoms. The molecule has 2 N–H and O–H groups in total. The van der Waals surface area contributed by atoms with Gasteiger partial charge in [-0.1, -0.05) is 17.7 Å². The average Bonchev–Trinajstić information content (AvgIpc) is 2.70. The van der Waals surface area contributed by atoms with Gasteiger partial charge in [0.1, 0.15) is 0 Å². The Morgan fingerprint density at radius 1 is 1.59 bits per heavy atom. The highest BCUT2D eigenvalue weighted by molar-refractivity contribution is 6.31. The van der Waals surface area contributed by atoms with E-state index in [1.807, 2.05) is 19.1 Å². The first-order valence-corrected chi connectivity index (χ1v) is 5.94. The van der Waals surface area contributed by atoms with Crippen LogP contribution in [0.4, 0.5) is 10.5 Å². The van der Waals surface area contributed by atoms with Crippen LogP contribution in [0.5, 0.6) is 0 Å². The lowest BCUT2D eigenvalue weighted by molar-refractivity contribution is 0.176. The molecule has 5 heteroatoms. The summed E-state index contributed by atoms with van der Waals surface area (Å²) in [5.41, 5.74) is 1.65. The van der Waals surface area contributed by atoms with Crippen LogP contribution in [0.2, 0.25) is 5.02 Å². The minimum atomic E-state index is -0.401. The van der Waals surface area contributed by atoms with Crippen molar-refractivity contribution in [2.45, 2.75) is 19.4 Å². The molecule has 0 radical (unpaired) electrons. The van der Waals surface area contributed by atoms with Crippen molar-refractivity contribution in [2.75, 3.05) is 18.4 Å². The number of aliphatic hydroxyl groups is 1. The number of halogens is 1. The maximum atomic E-state index is 11.8. The first kappa shape index (κ1) is 12.2. The third kappa shape index (κ3) is 2.90. The molecule has 1 aromatic carbocycles. The summed E-state index contributed by atoms with van der Waals surface area (Å²) in [7, 11) is 0. The number of hydrogen-bond donors (Lipinski definition) is 2. The summed E-state index contributed by atoms with van der Waals surface area (Å²) in [6.45, 7) is 2.89. The SMILES string of the molecule is Cc1ccc(NC(=O)N2CC[C@H](O)C2)cc1Cl. The number of carbonyl (C=O) groups is 1. The van der Waals surface area contributed by atoms with Crippen molar-refractivity contribution < 1.29 is 9.90 Å². The minimum Gasteiger partial charge on any atom is -0.391 e. The third-order valence-corrected chi connectivity index (χ3v) is 3.28. The number of hydrogen-bond acceptors (Lipinski definition) is 2. The molecule has 1 fully saturated rings. The highest BCUT2D eigenvalue weighted by Crippen LogP contribution is 2.20. The van der Waals surface area contributed by atoms with Crippen LogP contribution >= 0.6 is 11.6 Å². The van der Waals surface area contributed by atoms with Crippen molar-refractivity contribution in [3.05, 3.63) is 28.8 Å². The number of anilines is 1. The van der Waals surface area contributed by atoms with E-state index < -0.39 is 6.10 Å². The quantitative estimate of drug-likeness (QED) is 0.808. The van der Waals surface area contributed by atoms with E-state index in [2.05, 4.69) is 5.32 Å². The first-order valence-electron chi connectivity index (χ1n) is 5.56. The summed E-state index contributed by atoms with van der Waals surface area (Å²) in [5, 5.41) is 12.7. The van der Waals surface area contributed by atoms with Crippen molar-refractivity contribution in [1.29, 1.82) is 0 Å². The van der Waals surface area contributed by atoms with Gasteiger partial charge in [0.15, 0.2) is 0 Å². The predicted octanol–water partition coefficient (Wildman–Crippen LogP) is 2.25. The number of benzene rings is 1. The van der Waals surface area contributed by atoms with Crippen molar-refractivity contribution in [1.82, 2.24) is 4.90 Å². The number of β-amino-alcohol motifs (C(OH)–C–C–N with tert-alkyl or cyclic N) is 1. The smallest absolute Gasteiger partial charge is 0.321 e. The molecule has 1 saturated heterocycles. The fourth-order valence-corrected chi connectivity index (χ4v) is 1.98. The number of nitrogens with one attached hydrogen (secondary N) is 1. The Hall–Kier alpha value is -1.26. The third-order valence-electron chi connectivity index (χ3n) is 2.87. The van der Waals surface area contributed by atoms with Gasteiger partial charge < -0.3 is 15.3 Å². The number of likely N-dealkylation sites (tertiary alicyclic amines) is 1. The highest BCUT2D eigenvalue weighted by Gasteiger charge is 2.24. The summed E-state index contributed by atoms with van der Waals surface area (Å²) in [4.78, 5) is 13.4. The second-order valence-electron chi connectivity index (χ2n) is 4.28. The Morgan fingerprint density at radius 3 is 2.94 bits per heavy atom. The van der Waals surface area contributed by atoms with Crippen molar-refractivity contribution in [3.8, 4) is 0 Å². The number of aryl methyl sites for hydroxylation is 1. The lowest BCUT2D eigenvalue weighted by Crippen LogP contribution is -2.33. The zero-order valence-corrected chi connectivity index (χ0v) is 10.4. The van der Waals surface area contributed by atoms with Crippen LogP contribution < -0.4 is 5.32 Å². The van der Waals surface area contributed by atoms with E-state index in [-0.39, 0.29) is 6.03 Å². The molecular formula is C12H15ClN2O2. The number of nitrogens with zero attached hydrogens (tertiary/aromatic N) is 1. The van der Waals surface area contributed by atoms with E-state index in [0.29, 0.717) is 30.2 Å². The fraction of sp³-hybridized carbons (Fsp3) is 0.417. The molecule has 0 saturated carbocycles. The van der Waals surface area contributed by atoms with Crippen molar-refractivity contribution >= 4 is 23.3 Å². The number of urea groups is 1. The van der Waals surface area contributed by atoms with Gasteiger partial charge in [0.2, 0.25) is 0 Å². The van der Waals surface area contributed by atoms with E-state index in [4.69, 9.17) is 11.6 Å². The lowest BCUT2D eigenvalue weighted by Gasteiger charge is -2.16. The molecule has 0 spiro atoms. The number of amides is 2. The normalized spacial score (nSPS) is 19.5. The van der Waals surface area contributed by atoms with Crippen LogP contribution in [-0.2, 0) is 0 Å². The molecule has 1 aliphatic heterocycles. The highest BCUT2D eigenvalue weighted by atomic mass is 35.5. The van der Waals surface area contributed by atoms with Gasteiger partial charge in [-0.05, 0) is 31.0 Å². The molecule has 0 aliphatic carbocycles. The van der Waals surface area contributed by atoms with Gasteiger partial charge in [-0.25, -0.2) is 4.79 Å². The van der Waals surface area contributed by atoms with Crippen LogP contribution in [0.15, 0.2) is 18.2 Å².